The summed E-state index contributed by atoms with van der Waals surface area (Å²) in [5.41, 5.74) is 7.61. The van der Waals surface area contributed by atoms with Gasteiger partial charge < -0.3 is 10.5 Å². The van der Waals surface area contributed by atoms with Crippen LogP contribution in [0.25, 0.3) is 10.8 Å². The lowest BCUT2D eigenvalue weighted by atomic mass is 9.89. The second-order valence-electron chi connectivity index (χ2n) is 5.04. The van der Waals surface area contributed by atoms with E-state index >= 15 is 0 Å². The van der Waals surface area contributed by atoms with Gasteiger partial charge in [-0.15, -0.1) is 12.4 Å². The summed E-state index contributed by atoms with van der Waals surface area (Å²) in [4.78, 5) is 0. The van der Waals surface area contributed by atoms with Crippen molar-refractivity contribution >= 4 is 23.2 Å². The second kappa shape index (κ2) is 7.51. The lowest BCUT2D eigenvalue weighted by Gasteiger charge is -2.23. The van der Waals surface area contributed by atoms with Crippen LogP contribution in [0.4, 0.5) is 0 Å². The molecule has 0 radical (unpaired) electrons. The Balaban J connectivity index is 0.00000200. The molecule has 1 unspecified atom stereocenters. The predicted molar refractivity (Wildman–Crippen MR) is 88.7 cm³/mol. The zero-order chi connectivity index (χ0) is 13.8. The highest BCUT2D eigenvalue weighted by Gasteiger charge is 2.20. The number of hydrogen-bond acceptors (Lipinski definition) is 2. The SMILES string of the molecule is CCOc1ccc2ccccc2c1[C@@H](N)C(C)CC.Cl. The molecule has 2 rings (SSSR count). The molecule has 3 heteroatoms. The number of halogens is 1. The molecule has 2 aromatic rings. The van der Waals surface area contributed by atoms with Crippen LogP contribution >= 0.6 is 12.4 Å². The third-order valence-corrected chi connectivity index (χ3v) is 3.82. The molecule has 2 atom stereocenters. The molecule has 2 aromatic carbocycles. The highest BCUT2D eigenvalue weighted by atomic mass is 35.5. The van der Waals surface area contributed by atoms with Crippen LogP contribution in [0, 0.1) is 5.92 Å². The Morgan fingerprint density at radius 3 is 2.45 bits per heavy atom. The molecule has 2 N–H and O–H groups in total. The van der Waals surface area contributed by atoms with Gasteiger partial charge in [0.25, 0.3) is 0 Å². The van der Waals surface area contributed by atoms with Crippen LogP contribution < -0.4 is 10.5 Å². The van der Waals surface area contributed by atoms with Gasteiger partial charge in [0, 0.05) is 11.6 Å². The Morgan fingerprint density at radius 1 is 1.10 bits per heavy atom. The van der Waals surface area contributed by atoms with E-state index in [0.29, 0.717) is 12.5 Å². The van der Waals surface area contributed by atoms with E-state index in [1.54, 1.807) is 0 Å². The molecule has 0 fully saturated rings. The first-order chi connectivity index (χ1) is 9.19. The minimum Gasteiger partial charge on any atom is -0.494 e. The fourth-order valence-electron chi connectivity index (χ4n) is 2.44. The molecular weight excluding hydrogens is 270 g/mol. The van der Waals surface area contributed by atoms with E-state index in [1.165, 1.54) is 10.8 Å². The standard InChI is InChI=1S/C17H23NO.ClH/c1-4-12(3)17(18)16-14-9-7-6-8-13(14)10-11-15(16)19-5-2;/h6-12,17H,4-5,18H2,1-3H3;1H/t12?,17-;/m0./s1. The van der Waals surface area contributed by atoms with Crippen LogP contribution in [0.15, 0.2) is 36.4 Å². The van der Waals surface area contributed by atoms with Crippen LogP contribution in [0.1, 0.15) is 38.8 Å². The third kappa shape index (κ3) is 3.25. The van der Waals surface area contributed by atoms with E-state index in [4.69, 9.17) is 10.5 Å². The number of fused-ring (bicyclic) bond motifs is 1. The Labute approximate surface area is 127 Å². The van der Waals surface area contributed by atoms with Crippen molar-refractivity contribution in [3.05, 3.63) is 42.0 Å². The molecule has 0 bridgehead atoms. The lowest BCUT2D eigenvalue weighted by Crippen LogP contribution is -2.20. The Morgan fingerprint density at radius 2 is 1.80 bits per heavy atom. The van der Waals surface area contributed by atoms with Gasteiger partial charge >= 0.3 is 0 Å². The molecule has 0 saturated heterocycles. The van der Waals surface area contributed by atoms with Gasteiger partial charge in [0.15, 0.2) is 0 Å². The van der Waals surface area contributed by atoms with Crippen molar-refractivity contribution in [2.75, 3.05) is 6.61 Å². The highest BCUT2D eigenvalue weighted by Crippen LogP contribution is 2.36. The molecule has 0 aliphatic rings. The molecule has 0 aliphatic heterocycles. The van der Waals surface area contributed by atoms with Gasteiger partial charge in [-0.25, -0.2) is 0 Å². The summed E-state index contributed by atoms with van der Waals surface area (Å²) in [6.07, 6.45) is 1.07. The van der Waals surface area contributed by atoms with Crippen molar-refractivity contribution in [2.24, 2.45) is 11.7 Å². The smallest absolute Gasteiger partial charge is 0.124 e. The second-order valence-corrected chi connectivity index (χ2v) is 5.04. The molecule has 2 nitrogen and oxygen atoms in total. The first kappa shape index (κ1) is 16.8. The normalized spacial score (nSPS) is 13.6. The Bertz CT molecular complexity index is 556. The summed E-state index contributed by atoms with van der Waals surface area (Å²) < 4.78 is 5.78. The topological polar surface area (TPSA) is 35.2 Å². The average molecular weight is 294 g/mol. The summed E-state index contributed by atoms with van der Waals surface area (Å²) in [7, 11) is 0. The largest absolute Gasteiger partial charge is 0.494 e. The maximum atomic E-state index is 6.47. The molecular formula is C17H24ClNO. The lowest BCUT2D eigenvalue weighted by molar-refractivity contribution is 0.329. The highest BCUT2D eigenvalue weighted by molar-refractivity contribution is 5.88. The van der Waals surface area contributed by atoms with Gasteiger partial charge in [0.05, 0.1) is 6.61 Å². The fourth-order valence-corrected chi connectivity index (χ4v) is 2.44. The van der Waals surface area contributed by atoms with Crippen molar-refractivity contribution in [1.29, 1.82) is 0 Å². The summed E-state index contributed by atoms with van der Waals surface area (Å²) in [6, 6.07) is 12.5. The predicted octanol–water partition coefficient (Wildman–Crippen LogP) is 4.71. The summed E-state index contributed by atoms with van der Waals surface area (Å²) in [5.74, 6) is 1.36. The molecule has 0 heterocycles. The van der Waals surface area contributed by atoms with Gasteiger partial charge in [-0.2, -0.15) is 0 Å². The maximum absolute atomic E-state index is 6.47. The molecule has 0 spiro atoms. The van der Waals surface area contributed by atoms with Crippen LogP contribution in [-0.4, -0.2) is 6.61 Å². The Kier molecular flexibility index (Phi) is 6.31. The van der Waals surface area contributed by atoms with E-state index in [9.17, 15) is 0 Å². The van der Waals surface area contributed by atoms with Gasteiger partial charge in [0.2, 0.25) is 0 Å². The Hall–Kier alpha value is -1.25. The number of ether oxygens (including phenoxy) is 1. The van der Waals surface area contributed by atoms with Crippen LogP contribution in [0.2, 0.25) is 0 Å². The zero-order valence-electron chi connectivity index (χ0n) is 12.4. The molecule has 0 amide bonds. The first-order valence-corrected chi connectivity index (χ1v) is 7.09. The summed E-state index contributed by atoms with van der Waals surface area (Å²) >= 11 is 0. The van der Waals surface area contributed by atoms with E-state index in [0.717, 1.165) is 17.7 Å². The van der Waals surface area contributed by atoms with Crippen LogP contribution in [0.3, 0.4) is 0 Å². The molecule has 0 aromatic heterocycles. The summed E-state index contributed by atoms with van der Waals surface area (Å²) in [6.45, 7) is 7.05. The van der Waals surface area contributed by atoms with Crippen molar-refractivity contribution in [3.8, 4) is 5.75 Å². The quantitative estimate of drug-likeness (QED) is 0.867. The van der Waals surface area contributed by atoms with Crippen LogP contribution in [0.5, 0.6) is 5.75 Å². The molecule has 0 saturated carbocycles. The van der Waals surface area contributed by atoms with Gasteiger partial charge in [0.1, 0.15) is 5.75 Å². The minimum atomic E-state index is 0. The van der Waals surface area contributed by atoms with Crippen LogP contribution in [-0.2, 0) is 0 Å². The van der Waals surface area contributed by atoms with Crippen molar-refractivity contribution in [1.82, 2.24) is 0 Å². The van der Waals surface area contributed by atoms with Crippen molar-refractivity contribution < 1.29 is 4.74 Å². The van der Waals surface area contributed by atoms with E-state index in [1.807, 2.05) is 13.0 Å². The summed E-state index contributed by atoms with van der Waals surface area (Å²) in [5, 5.41) is 2.43. The van der Waals surface area contributed by atoms with Crippen molar-refractivity contribution in [2.45, 2.75) is 33.2 Å². The first-order valence-electron chi connectivity index (χ1n) is 7.09. The molecule has 110 valence electrons. The molecule has 20 heavy (non-hydrogen) atoms. The number of nitrogens with two attached hydrogens (primary N) is 1. The monoisotopic (exact) mass is 293 g/mol. The van der Waals surface area contributed by atoms with E-state index in [-0.39, 0.29) is 18.4 Å². The van der Waals surface area contributed by atoms with E-state index in [2.05, 4.69) is 44.2 Å². The van der Waals surface area contributed by atoms with Gasteiger partial charge in [-0.05, 0) is 29.7 Å². The maximum Gasteiger partial charge on any atom is 0.124 e. The van der Waals surface area contributed by atoms with E-state index < -0.39 is 0 Å². The third-order valence-electron chi connectivity index (χ3n) is 3.82. The fraction of sp³-hybridized carbons (Fsp3) is 0.412. The zero-order valence-corrected chi connectivity index (χ0v) is 13.2. The molecule has 0 aliphatic carbocycles. The minimum absolute atomic E-state index is 0. The number of hydrogen-bond donors (Lipinski definition) is 1. The van der Waals surface area contributed by atoms with Gasteiger partial charge in [-0.1, -0.05) is 50.6 Å². The number of benzene rings is 2. The average Bonchev–Trinajstić information content (AvgIpc) is 2.45. The van der Waals surface area contributed by atoms with Gasteiger partial charge in [-0.3, -0.25) is 0 Å². The van der Waals surface area contributed by atoms with Crippen molar-refractivity contribution in [3.63, 3.8) is 0 Å². The number of rotatable bonds is 5.